The molecular weight excluding hydrogens is 255 g/mol. The van der Waals surface area contributed by atoms with Crippen LogP contribution in [0.5, 0.6) is 0 Å². The molecule has 0 bridgehead atoms. The zero-order chi connectivity index (χ0) is 13.2. The highest BCUT2D eigenvalue weighted by Crippen LogP contribution is 2.20. The van der Waals surface area contributed by atoms with Crippen molar-refractivity contribution in [3.8, 4) is 0 Å². The van der Waals surface area contributed by atoms with Crippen LogP contribution in [0.4, 0.5) is 10.1 Å². The van der Waals surface area contributed by atoms with Gasteiger partial charge in [0.1, 0.15) is 0 Å². The monoisotopic (exact) mass is 266 g/mol. The Kier molecular flexibility index (Phi) is 3.29. The molecule has 4 nitrogen and oxygen atoms in total. The third-order valence-corrected chi connectivity index (χ3v) is 3.93. The maximum Gasteiger partial charge on any atom is 0.262 e. The van der Waals surface area contributed by atoms with Crippen LogP contribution >= 0.6 is 0 Å². The first-order chi connectivity index (χ1) is 8.50. The van der Waals surface area contributed by atoms with E-state index in [1.54, 1.807) is 25.1 Å². The molecule has 1 heterocycles. The van der Waals surface area contributed by atoms with Crippen LogP contribution in [0, 0.1) is 12.7 Å². The van der Waals surface area contributed by atoms with E-state index in [1.807, 2.05) is 0 Å². The molecule has 0 aliphatic heterocycles. The minimum atomic E-state index is -3.78. The molecule has 0 aliphatic carbocycles. The molecule has 0 unspecified atom stereocenters. The smallest absolute Gasteiger partial charge is 0.262 e. The summed E-state index contributed by atoms with van der Waals surface area (Å²) in [5.74, 6) is -0.713. The Morgan fingerprint density at radius 3 is 2.61 bits per heavy atom. The van der Waals surface area contributed by atoms with Gasteiger partial charge in [-0.15, -0.1) is 0 Å². The third kappa shape index (κ3) is 2.48. The minimum absolute atomic E-state index is 0.117. The molecule has 0 atom stereocenters. The summed E-state index contributed by atoms with van der Waals surface area (Å²) in [6, 6.07) is 7.77. The first kappa shape index (κ1) is 12.5. The second-order valence-electron chi connectivity index (χ2n) is 3.73. The number of sulfonamides is 1. The molecule has 1 aromatic heterocycles. The number of pyridine rings is 1. The Bertz CT molecular complexity index is 671. The van der Waals surface area contributed by atoms with Crippen LogP contribution in [-0.2, 0) is 10.0 Å². The average molecular weight is 266 g/mol. The lowest BCUT2D eigenvalue weighted by Crippen LogP contribution is -2.15. The fraction of sp³-hybridized carbons (Fsp3) is 0.0833. The van der Waals surface area contributed by atoms with Gasteiger partial charge in [0.05, 0.1) is 16.8 Å². The molecule has 0 aliphatic rings. The zero-order valence-electron chi connectivity index (χ0n) is 9.59. The largest absolute Gasteiger partial charge is 0.277 e. The average Bonchev–Trinajstić information content (AvgIpc) is 2.32. The highest BCUT2D eigenvalue weighted by atomic mass is 32.2. The number of aryl methyl sites for hydroxylation is 1. The van der Waals surface area contributed by atoms with E-state index in [0.717, 1.165) is 6.20 Å². The number of nitrogens with zero attached hydrogens (tertiary/aromatic N) is 1. The van der Waals surface area contributed by atoms with Gasteiger partial charge < -0.3 is 0 Å². The summed E-state index contributed by atoms with van der Waals surface area (Å²) in [5, 5.41) is 0. The molecule has 18 heavy (non-hydrogen) atoms. The van der Waals surface area contributed by atoms with Gasteiger partial charge in [-0.3, -0.25) is 9.71 Å². The molecule has 94 valence electrons. The number of hydrogen-bond donors (Lipinski definition) is 1. The Morgan fingerprint density at radius 1 is 1.22 bits per heavy atom. The summed E-state index contributed by atoms with van der Waals surface area (Å²) in [5.41, 5.74) is 0.479. The molecule has 2 rings (SSSR count). The number of rotatable bonds is 3. The number of anilines is 1. The maximum absolute atomic E-state index is 13.3. The van der Waals surface area contributed by atoms with Crippen LogP contribution in [0.2, 0.25) is 0 Å². The number of halogens is 1. The molecule has 0 saturated heterocycles. The SMILES string of the molecule is Cc1ccccc1S(=O)(=O)Nc1ccncc1F. The van der Waals surface area contributed by atoms with Crippen molar-refractivity contribution in [2.45, 2.75) is 11.8 Å². The van der Waals surface area contributed by atoms with Crippen molar-refractivity contribution in [3.05, 3.63) is 54.1 Å². The molecule has 1 N–H and O–H groups in total. The molecule has 0 fully saturated rings. The van der Waals surface area contributed by atoms with Gasteiger partial charge in [-0.2, -0.15) is 0 Å². The number of aromatic nitrogens is 1. The number of nitrogens with one attached hydrogen (secondary N) is 1. The summed E-state index contributed by atoms with van der Waals surface area (Å²) in [7, 11) is -3.78. The lowest BCUT2D eigenvalue weighted by atomic mass is 10.2. The molecular formula is C12H11FN2O2S. The van der Waals surface area contributed by atoms with Gasteiger partial charge in [-0.1, -0.05) is 18.2 Å². The van der Waals surface area contributed by atoms with Gasteiger partial charge in [-0.25, -0.2) is 12.8 Å². The van der Waals surface area contributed by atoms with Crippen LogP contribution in [0.15, 0.2) is 47.6 Å². The Balaban J connectivity index is 2.40. The minimum Gasteiger partial charge on any atom is -0.277 e. The summed E-state index contributed by atoms with van der Waals surface area (Å²) in [6.07, 6.45) is 2.27. The Morgan fingerprint density at radius 2 is 1.94 bits per heavy atom. The van der Waals surface area contributed by atoms with Gasteiger partial charge in [0.15, 0.2) is 5.82 Å². The lowest BCUT2D eigenvalue weighted by Gasteiger charge is -2.10. The topological polar surface area (TPSA) is 59.1 Å². The molecule has 0 radical (unpaired) electrons. The van der Waals surface area contributed by atoms with Gasteiger partial charge in [0.25, 0.3) is 10.0 Å². The van der Waals surface area contributed by atoms with Crippen LogP contribution in [0.3, 0.4) is 0 Å². The van der Waals surface area contributed by atoms with Gasteiger partial charge in [0.2, 0.25) is 0 Å². The van der Waals surface area contributed by atoms with Crippen molar-refractivity contribution in [2.24, 2.45) is 0 Å². The summed E-state index contributed by atoms with van der Waals surface area (Å²) in [4.78, 5) is 3.68. The van der Waals surface area contributed by atoms with Crippen molar-refractivity contribution >= 4 is 15.7 Å². The molecule has 6 heteroatoms. The molecule has 0 amide bonds. The predicted octanol–water partition coefficient (Wildman–Crippen LogP) is 2.33. The highest BCUT2D eigenvalue weighted by Gasteiger charge is 2.17. The number of hydrogen-bond acceptors (Lipinski definition) is 3. The van der Waals surface area contributed by atoms with E-state index in [-0.39, 0.29) is 10.6 Å². The van der Waals surface area contributed by atoms with Crippen molar-refractivity contribution < 1.29 is 12.8 Å². The molecule has 0 spiro atoms. The summed E-state index contributed by atoms with van der Waals surface area (Å²) >= 11 is 0. The van der Waals surface area contributed by atoms with Crippen molar-refractivity contribution in [1.82, 2.24) is 4.98 Å². The van der Waals surface area contributed by atoms with E-state index in [9.17, 15) is 12.8 Å². The molecule has 1 aromatic carbocycles. The van der Waals surface area contributed by atoms with Crippen LogP contribution in [-0.4, -0.2) is 13.4 Å². The van der Waals surface area contributed by atoms with Crippen molar-refractivity contribution in [2.75, 3.05) is 4.72 Å². The molecule has 2 aromatic rings. The van der Waals surface area contributed by atoms with Crippen molar-refractivity contribution in [1.29, 1.82) is 0 Å². The van der Waals surface area contributed by atoms with E-state index in [4.69, 9.17) is 0 Å². The Hall–Kier alpha value is -1.95. The van der Waals surface area contributed by atoms with E-state index < -0.39 is 15.8 Å². The predicted molar refractivity (Wildman–Crippen MR) is 66.2 cm³/mol. The fourth-order valence-electron chi connectivity index (χ4n) is 1.52. The van der Waals surface area contributed by atoms with Crippen LogP contribution in [0.25, 0.3) is 0 Å². The van der Waals surface area contributed by atoms with Gasteiger partial charge in [0, 0.05) is 6.20 Å². The Labute approximate surface area is 105 Å². The van der Waals surface area contributed by atoms with E-state index in [1.165, 1.54) is 18.3 Å². The first-order valence-corrected chi connectivity index (χ1v) is 6.67. The van der Waals surface area contributed by atoms with Crippen LogP contribution in [0.1, 0.15) is 5.56 Å². The standard InChI is InChI=1S/C12H11FN2O2S/c1-9-4-2-3-5-12(9)18(16,17)15-11-6-7-14-8-10(11)13/h2-8H,1H3,(H,14,15). The quantitative estimate of drug-likeness (QED) is 0.927. The van der Waals surface area contributed by atoms with Crippen LogP contribution < -0.4 is 4.72 Å². The fourth-order valence-corrected chi connectivity index (χ4v) is 2.83. The highest BCUT2D eigenvalue weighted by molar-refractivity contribution is 7.92. The lowest BCUT2D eigenvalue weighted by molar-refractivity contribution is 0.597. The summed E-state index contributed by atoms with van der Waals surface area (Å²) < 4.78 is 39.7. The number of benzene rings is 1. The zero-order valence-corrected chi connectivity index (χ0v) is 10.4. The van der Waals surface area contributed by atoms with E-state index in [2.05, 4.69) is 9.71 Å². The third-order valence-electron chi connectivity index (χ3n) is 2.40. The normalized spacial score (nSPS) is 11.2. The van der Waals surface area contributed by atoms with E-state index in [0.29, 0.717) is 5.56 Å². The second-order valence-corrected chi connectivity index (χ2v) is 5.38. The summed E-state index contributed by atoms with van der Waals surface area (Å²) in [6.45, 7) is 1.68. The van der Waals surface area contributed by atoms with Gasteiger partial charge >= 0.3 is 0 Å². The second kappa shape index (κ2) is 4.73. The van der Waals surface area contributed by atoms with Crippen molar-refractivity contribution in [3.63, 3.8) is 0 Å². The maximum atomic E-state index is 13.3. The van der Waals surface area contributed by atoms with E-state index >= 15 is 0 Å². The first-order valence-electron chi connectivity index (χ1n) is 5.18. The van der Waals surface area contributed by atoms with Gasteiger partial charge in [-0.05, 0) is 24.6 Å². The molecule has 0 saturated carbocycles.